The zero-order valence-corrected chi connectivity index (χ0v) is 16.3. The number of sulfone groups is 1. The van der Waals surface area contributed by atoms with E-state index >= 15 is 0 Å². The molecule has 0 bridgehead atoms. The van der Waals surface area contributed by atoms with Crippen molar-refractivity contribution in [1.29, 1.82) is 0 Å². The molecule has 146 valence electrons. The highest BCUT2D eigenvalue weighted by atomic mass is 32.2. The summed E-state index contributed by atoms with van der Waals surface area (Å²) < 4.78 is 29.6. The SMILES string of the molecule is CC(C)S(=O)(=O)c1ccc(-c2nnc(NC(=O)c3ccc([N+](=O)[O-])s3)o2)cc1. The van der Waals surface area contributed by atoms with Crippen molar-refractivity contribution in [3.63, 3.8) is 0 Å². The van der Waals surface area contributed by atoms with Gasteiger partial charge in [-0.3, -0.25) is 20.2 Å². The molecule has 2 heterocycles. The fraction of sp³-hybridized carbons (Fsp3) is 0.188. The summed E-state index contributed by atoms with van der Waals surface area (Å²) in [5, 5.41) is 19.9. The van der Waals surface area contributed by atoms with E-state index in [1.807, 2.05) is 0 Å². The van der Waals surface area contributed by atoms with E-state index in [2.05, 4.69) is 15.5 Å². The number of carbonyl (C=O) groups excluding carboxylic acids is 1. The lowest BCUT2D eigenvalue weighted by Gasteiger charge is -2.07. The number of benzene rings is 1. The van der Waals surface area contributed by atoms with Crippen molar-refractivity contribution < 1.29 is 22.6 Å². The average molecular weight is 422 g/mol. The largest absolute Gasteiger partial charge is 0.403 e. The molecule has 1 N–H and O–H groups in total. The van der Waals surface area contributed by atoms with Crippen molar-refractivity contribution >= 4 is 38.1 Å². The lowest BCUT2D eigenvalue weighted by Crippen LogP contribution is -2.13. The summed E-state index contributed by atoms with van der Waals surface area (Å²) in [5.74, 6) is -0.535. The van der Waals surface area contributed by atoms with E-state index in [0.717, 1.165) is 11.3 Å². The normalized spacial score (nSPS) is 11.5. The highest BCUT2D eigenvalue weighted by molar-refractivity contribution is 7.92. The van der Waals surface area contributed by atoms with Gasteiger partial charge in [0.2, 0.25) is 5.89 Å². The quantitative estimate of drug-likeness (QED) is 0.471. The molecule has 1 amide bonds. The summed E-state index contributed by atoms with van der Waals surface area (Å²) in [4.78, 5) is 22.5. The van der Waals surface area contributed by atoms with Crippen LogP contribution in [0.2, 0.25) is 0 Å². The molecular weight excluding hydrogens is 408 g/mol. The van der Waals surface area contributed by atoms with Crippen LogP contribution in [0.5, 0.6) is 0 Å². The maximum absolute atomic E-state index is 12.1. The molecule has 0 radical (unpaired) electrons. The van der Waals surface area contributed by atoms with Gasteiger partial charge in [0.15, 0.2) is 9.84 Å². The number of hydrogen-bond donors (Lipinski definition) is 1. The van der Waals surface area contributed by atoms with Crippen molar-refractivity contribution in [1.82, 2.24) is 10.2 Å². The summed E-state index contributed by atoms with van der Waals surface area (Å²) >= 11 is 0.720. The van der Waals surface area contributed by atoms with Crippen molar-refractivity contribution in [2.75, 3.05) is 5.32 Å². The monoisotopic (exact) mass is 422 g/mol. The number of carbonyl (C=O) groups is 1. The van der Waals surface area contributed by atoms with Gasteiger partial charge in [-0.05, 0) is 44.2 Å². The van der Waals surface area contributed by atoms with E-state index in [9.17, 15) is 23.3 Å². The topological polar surface area (TPSA) is 145 Å². The van der Waals surface area contributed by atoms with Crippen LogP contribution in [0.1, 0.15) is 23.5 Å². The molecule has 0 aliphatic heterocycles. The molecule has 0 atom stereocenters. The number of nitrogens with one attached hydrogen (secondary N) is 1. The van der Waals surface area contributed by atoms with Gasteiger partial charge in [-0.2, -0.15) is 0 Å². The number of amides is 1. The summed E-state index contributed by atoms with van der Waals surface area (Å²) in [6.07, 6.45) is 0. The Morgan fingerprint density at radius 1 is 1.18 bits per heavy atom. The maximum Gasteiger partial charge on any atom is 0.324 e. The Morgan fingerprint density at radius 2 is 1.86 bits per heavy atom. The van der Waals surface area contributed by atoms with Gasteiger partial charge in [0.25, 0.3) is 5.91 Å². The smallest absolute Gasteiger partial charge is 0.324 e. The number of nitrogens with zero attached hydrogens (tertiary/aromatic N) is 3. The second-order valence-electron chi connectivity index (χ2n) is 5.88. The molecular formula is C16H14N4O6S2. The molecule has 28 heavy (non-hydrogen) atoms. The summed E-state index contributed by atoms with van der Waals surface area (Å²) in [7, 11) is -3.39. The molecule has 12 heteroatoms. The Bertz CT molecular complexity index is 1130. The third-order valence-corrected chi connectivity index (χ3v) is 6.90. The Labute approximate surface area is 163 Å². The molecule has 0 saturated carbocycles. The molecule has 0 aliphatic rings. The summed E-state index contributed by atoms with van der Waals surface area (Å²) in [5.41, 5.74) is 0.475. The first kappa shape index (κ1) is 19.6. The highest BCUT2D eigenvalue weighted by Crippen LogP contribution is 2.26. The number of hydrogen-bond acceptors (Lipinski definition) is 9. The van der Waals surface area contributed by atoms with Gasteiger partial charge in [0.05, 0.1) is 19.9 Å². The first-order valence-electron chi connectivity index (χ1n) is 7.92. The molecule has 0 aliphatic carbocycles. The predicted octanol–water partition coefficient (Wildman–Crippen LogP) is 3.14. The maximum atomic E-state index is 12.1. The third-order valence-electron chi connectivity index (χ3n) is 3.69. The van der Waals surface area contributed by atoms with Crippen LogP contribution in [0.4, 0.5) is 11.0 Å². The standard InChI is InChI=1S/C16H14N4O6S2/c1-9(2)28(24,25)11-5-3-10(4-6-11)15-18-19-16(26-15)17-14(21)12-7-8-13(27-12)20(22)23/h3-9H,1-2H3,(H,17,19,21). The summed E-state index contributed by atoms with van der Waals surface area (Å²) in [6, 6.07) is 8.30. The Hall–Kier alpha value is -3.12. The van der Waals surface area contributed by atoms with Crippen LogP contribution in [-0.4, -0.2) is 34.7 Å². The zero-order chi connectivity index (χ0) is 20.5. The van der Waals surface area contributed by atoms with E-state index in [4.69, 9.17) is 4.42 Å². The van der Waals surface area contributed by atoms with Crippen LogP contribution in [0.25, 0.3) is 11.5 Å². The fourth-order valence-corrected chi connectivity index (χ4v) is 3.93. The fourth-order valence-electron chi connectivity index (χ4n) is 2.16. The number of rotatable bonds is 6. The van der Waals surface area contributed by atoms with Crippen LogP contribution in [0.15, 0.2) is 45.7 Å². The van der Waals surface area contributed by atoms with Gasteiger partial charge >= 0.3 is 11.0 Å². The second kappa shape index (κ2) is 7.48. The van der Waals surface area contributed by atoms with Gasteiger partial charge in [0.1, 0.15) is 0 Å². The molecule has 3 aromatic rings. The number of thiophene rings is 1. The minimum Gasteiger partial charge on any atom is -0.403 e. The van der Waals surface area contributed by atoms with Crippen LogP contribution < -0.4 is 5.32 Å². The van der Waals surface area contributed by atoms with Gasteiger partial charge in [-0.1, -0.05) is 16.4 Å². The van der Waals surface area contributed by atoms with Crippen LogP contribution in [0.3, 0.4) is 0 Å². The minimum atomic E-state index is -3.39. The van der Waals surface area contributed by atoms with Crippen molar-refractivity contribution in [2.24, 2.45) is 0 Å². The third kappa shape index (κ3) is 3.92. The zero-order valence-electron chi connectivity index (χ0n) is 14.6. The van der Waals surface area contributed by atoms with Crippen molar-refractivity contribution in [3.05, 3.63) is 51.4 Å². The van der Waals surface area contributed by atoms with E-state index in [0.29, 0.717) is 5.56 Å². The Balaban J connectivity index is 1.75. The first-order chi connectivity index (χ1) is 13.2. The molecule has 0 unspecified atom stereocenters. The molecule has 0 spiro atoms. The first-order valence-corrected chi connectivity index (χ1v) is 10.3. The lowest BCUT2D eigenvalue weighted by molar-refractivity contribution is -0.380. The lowest BCUT2D eigenvalue weighted by atomic mass is 10.2. The molecule has 0 saturated heterocycles. The van der Waals surface area contributed by atoms with E-state index < -0.39 is 25.9 Å². The van der Waals surface area contributed by atoms with Crippen LogP contribution in [0, 0.1) is 10.1 Å². The molecule has 3 rings (SSSR count). The Morgan fingerprint density at radius 3 is 2.43 bits per heavy atom. The van der Waals surface area contributed by atoms with E-state index in [1.165, 1.54) is 36.4 Å². The molecule has 0 fully saturated rings. The molecule has 10 nitrogen and oxygen atoms in total. The molecule has 2 aromatic heterocycles. The second-order valence-corrected chi connectivity index (χ2v) is 9.45. The van der Waals surface area contributed by atoms with Gasteiger partial charge in [-0.25, -0.2) is 8.42 Å². The number of nitro groups is 1. The summed E-state index contributed by atoms with van der Waals surface area (Å²) in [6.45, 7) is 3.19. The van der Waals surface area contributed by atoms with Crippen LogP contribution in [-0.2, 0) is 9.84 Å². The minimum absolute atomic E-state index is 0.0842. The molecule has 1 aromatic carbocycles. The van der Waals surface area contributed by atoms with Crippen molar-refractivity contribution in [2.45, 2.75) is 24.0 Å². The van der Waals surface area contributed by atoms with E-state index in [1.54, 1.807) is 13.8 Å². The number of aromatic nitrogens is 2. The van der Waals surface area contributed by atoms with Crippen molar-refractivity contribution in [3.8, 4) is 11.5 Å². The number of anilines is 1. The van der Waals surface area contributed by atoms with Gasteiger partial charge in [0, 0.05) is 11.6 Å². The van der Waals surface area contributed by atoms with E-state index in [-0.39, 0.29) is 26.7 Å². The van der Waals surface area contributed by atoms with Gasteiger partial charge in [-0.15, -0.1) is 5.10 Å². The highest BCUT2D eigenvalue weighted by Gasteiger charge is 2.20. The van der Waals surface area contributed by atoms with Gasteiger partial charge < -0.3 is 4.42 Å². The average Bonchev–Trinajstić information content (AvgIpc) is 3.31. The predicted molar refractivity (Wildman–Crippen MR) is 101 cm³/mol. The Kier molecular flexibility index (Phi) is 5.25. The van der Waals surface area contributed by atoms with Crippen LogP contribution >= 0.6 is 11.3 Å².